The van der Waals surface area contributed by atoms with Crippen LogP contribution in [0.3, 0.4) is 0 Å². The summed E-state index contributed by atoms with van der Waals surface area (Å²) in [5.41, 5.74) is 4.12. The number of fused-ring (bicyclic) bond motifs is 1. The molecule has 2 heterocycles. The van der Waals surface area contributed by atoms with Crippen LogP contribution in [-0.2, 0) is 7.05 Å². The number of benzene rings is 3. The molecule has 0 bridgehead atoms. The minimum atomic E-state index is -0.448. The predicted molar refractivity (Wildman–Crippen MR) is 128 cm³/mol. The number of para-hydroxylation sites is 2. The third-order valence-corrected chi connectivity index (χ3v) is 5.76. The van der Waals surface area contributed by atoms with E-state index in [2.05, 4.69) is 16.0 Å². The summed E-state index contributed by atoms with van der Waals surface area (Å²) in [5.74, 6) is 0.736. The van der Waals surface area contributed by atoms with Gasteiger partial charge in [0, 0.05) is 31.5 Å². The van der Waals surface area contributed by atoms with Gasteiger partial charge in [-0.3, -0.25) is 4.90 Å². The van der Waals surface area contributed by atoms with Crippen molar-refractivity contribution in [1.82, 2.24) is 20.2 Å². The fourth-order valence-corrected chi connectivity index (χ4v) is 4.13. The number of nitrogens with one attached hydrogen (secondary N) is 3. The predicted octanol–water partition coefficient (Wildman–Crippen LogP) is 4.01. The molecule has 0 spiro atoms. The molecular weight excluding hydrogens is 416 g/mol. The minimum Gasteiger partial charge on any atom is -0.336 e. The number of hydrogen-bond donors (Lipinski definition) is 3. The highest BCUT2D eigenvalue weighted by molar-refractivity contribution is 5.96. The maximum absolute atomic E-state index is 13.0. The smallest absolute Gasteiger partial charge is 0.321 e. The Kier molecular flexibility index (Phi) is 5.40. The van der Waals surface area contributed by atoms with Crippen molar-refractivity contribution in [3.05, 3.63) is 90.3 Å². The molecule has 1 fully saturated rings. The summed E-state index contributed by atoms with van der Waals surface area (Å²) >= 11 is 0. The van der Waals surface area contributed by atoms with Gasteiger partial charge < -0.3 is 20.5 Å². The monoisotopic (exact) mass is 440 g/mol. The number of anilines is 2. The van der Waals surface area contributed by atoms with Crippen molar-refractivity contribution in [1.29, 1.82) is 0 Å². The first-order chi connectivity index (χ1) is 16.1. The second-order valence-corrected chi connectivity index (χ2v) is 7.89. The zero-order valence-electron chi connectivity index (χ0n) is 18.2. The van der Waals surface area contributed by atoms with Crippen LogP contribution in [0.4, 0.5) is 21.0 Å². The van der Waals surface area contributed by atoms with Crippen molar-refractivity contribution in [2.24, 2.45) is 7.05 Å². The SMILES string of the molecule is Cn1c(C(NC(=O)Nc2cccc(N3CCNC3=O)c2)c2ccccc2)nc2ccccc21. The van der Waals surface area contributed by atoms with E-state index in [0.717, 1.165) is 28.1 Å². The zero-order chi connectivity index (χ0) is 22.8. The van der Waals surface area contributed by atoms with E-state index in [1.807, 2.05) is 78.3 Å². The third-order valence-electron chi connectivity index (χ3n) is 5.76. The molecule has 1 atom stereocenters. The van der Waals surface area contributed by atoms with Gasteiger partial charge in [0.1, 0.15) is 11.9 Å². The van der Waals surface area contributed by atoms with Crippen LogP contribution in [0.25, 0.3) is 11.0 Å². The maximum Gasteiger partial charge on any atom is 0.321 e. The largest absolute Gasteiger partial charge is 0.336 e. The second-order valence-electron chi connectivity index (χ2n) is 7.89. The normalized spacial score (nSPS) is 14.2. The van der Waals surface area contributed by atoms with E-state index in [4.69, 9.17) is 4.98 Å². The third kappa shape index (κ3) is 4.10. The zero-order valence-corrected chi connectivity index (χ0v) is 18.2. The molecule has 1 saturated heterocycles. The number of aryl methyl sites for hydroxylation is 1. The summed E-state index contributed by atoms with van der Waals surface area (Å²) in [4.78, 5) is 31.5. The van der Waals surface area contributed by atoms with E-state index in [9.17, 15) is 9.59 Å². The van der Waals surface area contributed by atoms with Gasteiger partial charge >= 0.3 is 12.1 Å². The molecule has 1 aliphatic heterocycles. The quantitative estimate of drug-likeness (QED) is 0.438. The summed E-state index contributed by atoms with van der Waals surface area (Å²) in [6, 6.07) is 23.9. The van der Waals surface area contributed by atoms with Gasteiger partial charge in [-0.25, -0.2) is 14.6 Å². The highest BCUT2D eigenvalue weighted by Gasteiger charge is 2.24. The van der Waals surface area contributed by atoms with Crippen LogP contribution in [0.2, 0.25) is 0 Å². The Morgan fingerprint density at radius 2 is 1.82 bits per heavy atom. The number of carbonyl (C=O) groups excluding carboxylic acids is 2. The maximum atomic E-state index is 13.0. The molecule has 3 N–H and O–H groups in total. The van der Waals surface area contributed by atoms with Gasteiger partial charge in [-0.2, -0.15) is 0 Å². The second kappa shape index (κ2) is 8.66. The number of nitrogens with zero attached hydrogens (tertiary/aromatic N) is 3. The number of amides is 4. The first kappa shape index (κ1) is 20.6. The molecule has 4 amide bonds. The molecule has 8 nitrogen and oxygen atoms in total. The van der Waals surface area contributed by atoms with Crippen LogP contribution < -0.4 is 20.9 Å². The van der Waals surface area contributed by atoms with E-state index in [0.29, 0.717) is 18.8 Å². The van der Waals surface area contributed by atoms with E-state index in [-0.39, 0.29) is 12.1 Å². The molecular formula is C25H24N6O2. The highest BCUT2D eigenvalue weighted by atomic mass is 16.2. The molecule has 1 aliphatic rings. The Morgan fingerprint density at radius 3 is 2.58 bits per heavy atom. The summed E-state index contributed by atoms with van der Waals surface area (Å²) in [6.45, 7) is 1.20. The average Bonchev–Trinajstić information content (AvgIpc) is 3.41. The Balaban J connectivity index is 1.41. The number of imidazole rings is 1. The lowest BCUT2D eigenvalue weighted by Gasteiger charge is -2.20. The van der Waals surface area contributed by atoms with Gasteiger partial charge in [0.05, 0.1) is 11.0 Å². The van der Waals surface area contributed by atoms with Crippen LogP contribution >= 0.6 is 0 Å². The van der Waals surface area contributed by atoms with Gasteiger partial charge in [-0.15, -0.1) is 0 Å². The van der Waals surface area contributed by atoms with Crippen LogP contribution in [0.15, 0.2) is 78.9 Å². The Bertz CT molecular complexity index is 1320. The van der Waals surface area contributed by atoms with E-state index >= 15 is 0 Å². The number of hydrogen-bond acceptors (Lipinski definition) is 3. The molecule has 5 rings (SSSR count). The standard InChI is InChI=1S/C25H24N6O2/c1-30-21-13-6-5-12-20(21)28-23(30)22(17-8-3-2-4-9-17)29-24(32)27-18-10-7-11-19(16-18)31-15-14-26-25(31)33/h2-13,16,22H,14-15H2,1H3,(H,26,33)(H2,27,29,32). The molecule has 33 heavy (non-hydrogen) atoms. The molecule has 0 radical (unpaired) electrons. The fourth-order valence-electron chi connectivity index (χ4n) is 4.13. The molecule has 1 unspecified atom stereocenters. The molecule has 3 aromatic carbocycles. The fraction of sp³-hybridized carbons (Fsp3) is 0.160. The van der Waals surface area contributed by atoms with Crippen molar-refractivity contribution in [3.63, 3.8) is 0 Å². The number of aromatic nitrogens is 2. The first-order valence-corrected chi connectivity index (χ1v) is 10.8. The van der Waals surface area contributed by atoms with Gasteiger partial charge in [-0.1, -0.05) is 48.5 Å². The molecule has 1 aromatic heterocycles. The molecule has 0 aliphatic carbocycles. The minimum absolute atomic E-state index is 0.136. The topological polar surface area (TPSA) is 91.3 Å². The van der Waals surface area contributed by atoms with Gasteiger partial charge in [-0.05, 0) is 35.9 Å². The van der Waals surface area contributed by atoms with Crippen molar-refractivity contribution in [3.8, 4) is 0 Å². The first-order valence-electron chi connectivity index (χ1n) is 10.8. The summed E-state index contributed by atoms with van der Waals surface area (Å²) < 4.78 is 2.00. The summed E-state index contributed by atoms with van der Waals surface area (Å²) in [7, 11) is 1.95. The summed E-state index contributed by atoms with van der Waals surface area (Å²) in [5, 5.41) is 8.75. The van der Waals surface area contributed by atoms with Crippen LogP contribution in [-0.4, -0.2) is 34.7 Å². The highest BCUT2D eigenvalue weighted by Crippen LogP contribution is 2.26. The van der Waals surface area contributed by atoms with E-state index < -0.39 is 6.04 Å². The molecule has 166 valence electrons. The van der Waals surface area contributed by atoms with Crippen molar-refractivity contribution >= 4 is 34.5 Å². The molecule has 4 aromatic rings. The lowest BCUT2D eigenvalue weighted by atomic mass is 10.1. The van der Waals surface area contributed by atoms with Crippen molar-refractivity contribution < 1.29 is 9.59 Å². The Morgan fingerprint density at radius 1 is 1.03 bits per heavy atom. The lowest BCUT2D eigenvalue weighted by Crippen LogP contribution is -2.34. The molecule has 0 saturated carbocycles. The van der Waals surface area contributed by atoms with Crippen molar-refractivity contribution in [2.75, 3.05) is 23.3 Å². The van der Waals surface area contributed by atoms with Gasteiger partial charge in [0.25, 0.3) is 0 Å². The number of carbonyl (C=O) groups is 2. The average molecular weight is 441 g/mol. The van der Waals surface area contributed by atoms with Crippen LogP contribution in [0.1, 0.15) is 17.4 Å². The van der Waals surface area contributed by atoms with Crippen LogP contribution in [0, 0.1) is 0 Å². The van der Waals surface area contributed by atoms with Crippen molar-refractivity contribution in [2.45, 2.75) is 6.04 Å². The van der Waals surface area contributed by atoms with Gasteiger partial charge in [0.2, 0.25) is 0 Å². The Hall–Kier alpha value is -4.33. The summed E-state index contributed by atoms with van der Waals surface area (Å²) in [6.07, 6.45) is 0. The molecule has 8 heteroatoms. The van der Waals surface area contributed by atoms with Crippen LogP contribution in [0.5, 0.6) is 0 Å². The van der Waals surface area contributed by atoms with E-state index in [1.165, 1.54) is 0 Å². The van der Waals surface area contributed by atoms with E-state index in [1.54, 1.807) is 17.0 Å². The number of urea groups is 2. The Labute approximate surface area is 191 Å². The lowest BCUT2D eigenvalue weighted by molar-refractivity contribution is 0.249. The van der Waals surface area contributed by atoms with Gasteiger partial charge in [0.15, 0.2) is 0 Å². The number of rotatable bonds is 5.